The van der Waals surface area contributed by atoms with Crippen LogP contribution in [-0.2, 0) is 4.79 Å². The molecule has 142 valence electrons. The van der Waals surface area contributed by atoms with E-state index in [9.17, 15) is 14.7 Å². The summed E-state index contributed by atoms with van der Waals surface area (Å²) in [6, 6.07) is 12.5. The molecule has 1 aliphatic heterocycles. The van der Waals surface area contributed by atoms with E-state index in [-0.39, 0.29) is 19.1 Å². The molecule has 2 aromatic rings. The third kappa shape index (κ3) is 4.18. The molecule has 0 bridgehead atoms. The smallest absolute Gasteiger partial charge is 0.332 e. The van der Waals surface area contributed by atoms with Crippen molar-refractivity contribution < 1.29 is 19.4 Å². The molecule has 1 aliphatic rings. The highest BCUT2D eigenvalue weighted by molar-refractivity contribution is 6.34. The predicted octanol–water partition coefficient (Wildman–Crippen LogP) is 3.59. The van der Waals surface area contributed by atoms with Gasteiger partial charge in [-0.05, 0) is 31.2 Å². The number of benzene rings is 2. The Balaban J connectivity index is 1.65. The fourth-order valence-corrected chi connectivity index (χ4v) is 3.19. The first-order chi connectivity index (χ1) is 12.9. The minimum Gasteiger partial charge on any atom is -0.489 e. The van der Waals surface area contributed by atoms with Gasteiger partial charge < -0.3 is 9.84 Å². The zero-order valence-electron chi connectivity index (χ0n) is 14.5. The Labute approximate surface area is 166 Å². The molecular formula is C19H18Cl2N2O4. The Kier molecular flexibility index (Phi) is 5.89. The summed E-state index contributed by atoms with van der Waals surface area (Å²) in [5, 5.41) is 11.0. The van der Waals surface area contributed by atoms with E-state index in [4.69, 9.17) is 27.9 Å². The van der Waals surface area contributed by atoms with Crippen molar-refractivity contribution in [1.29, 1.82) is 0 Å². The number of amides is 3. The fraction of sp³-hybridized carbons (Fsp3) is 0.263. The summed E-state index contributed by atoms with van der Waals surface area (Å²) >= 11 is 11.9. The fourth-order valence-electron chi connectivity index (χ4n) is 2.85. The van der Waals surface area contributed by atoms with Crippen molar-refractivity contribution in [2.75, 3.05) is 18.1 Å². The number of imide groups is 1. The molecule has 0 radical (unpaired) electrons. The quantitative estimate of drug-likeness (QED) is 0.741. The summed E-state index contributed by atoms with van der Waals surface area (Å²) in [4.78, 5) is 27.6. The highest BCUT2D eigenvalue weighted by Gasteiger charge is 2.43. The van der Waals surface area contributed by atoms with E-state index >= 15 is 0 Å². The maximum Gasteiger partial charge on any atom is 0.332 e. The first kappa shape index (κ1) is 19.5. The molecule has 0 aromatic heterocycles. The summed E-state index contributed by atoms with van der Waals surface area (Å²) in [6.45, 7) is 1.34. The van der Waals surface area contributed by atoms with Crippen LogP contribution in [0.4, 0.5) is 10.5 Å². The van der Waals surface area contributed by atoms with E-state index < -0.39 is 18.2 Å². The molecule has 0 unspecified atom stereocenters. The highest BCUT2D eigenvalue weighted by atomic mass is 35.5. The Bertz CT molecular complexity index is 847. The van der Waals surface area contributed by atoms with Crippen molar-refractivity contribution in [3.8, 4) is 5.75 Å². The van der Waals surface area contributed by atoms with Gasteiger partial charge in [0.1, 0.15) is 24.5 Å². The predicted molar refractivity (Wildman–Crippen MR) is 103 cm³/mol. The van der Waals surface area contributed by atoms with Gasteiger partial charge in [-0.2, -0.15) is 0 Å². The summed E-state index contributed by atoms with van der Waals surface area (Å²) in [5.74, 6) is -0.0507. The van der Waals surface area contributed by atoms with Crippen LogP contribution in [0.25, 0.3) is 0 Å². The van der Waals surface area contributed by atoms with Crippen molar-refractivity contribution in [2.24, 2.45) is 0 Å². The van der Waals surface area contributed by atoms with Gasteiger partial charge in [0.05, 0.1) is 11.6 Å². The van der Waals surface area contributed by atoms with E-state index in [0.717, 1.165) is 4.90 Å². The molecule has 3 rings (SSSR count). The number of ether oxygens (including phenoxy) is 1. The van der Waals surface area contributed by atoms with Crippen LogP contribution in [0.1, 0.15) is 6.92 Å². The van der Waals surface area contributed by atoms with Crippen LogP contribution >= 0.6 is 23.2 Å². The first-order valence-corrected chi connectivity index (χ1v) is 9.09. The second-order valence-electron chi connectivity index (χ2n) is 6.15. The van der Waals surface area contributed by atoms with E-state index in [1.54, 1.807) is 43.3 Å². The van der Waals surface area contributed by atoms with Gasteiger partial charge >= 0.3 is 6.03 Å². The average Bonchev–Trinajstić information content (AvgIpc) is 2.86. The molecular weight excluding hydrogens is 391 g/mol. The second-order valence-corrected chi connectivity index (χ2v) is 7.00. The zero-order valence-corrected chi connectivity index (χ0v) is 16.0. The lowest BCUT2D eigenvalue weighted by atomic mass is 10.2. The molecule has 0 spiro atoms. The number of carbonyl (C=O) groups excluding carboxylic acids is 2. The number of carbonyl (C=O) groups is 2. The number of hydrogen-bond donors (Lipinski definition) is 1. The average molecular weight is 409 g/mol. The number of β-amino-alcohol motifs (C(OH)–C–C–N with tert-alkyl or cyclic N) is 1. The van der Waals surface area contributed by atoms with Crippen molar-refractivity contribution in [3.63, 3.8) is 0 Å². The van der Waals surface area contributed by atoms with Crippen molar-refractivity contribution in [1.82, 2.24) is 4.90 Å². The van der Waals surface area contributed by atoms with Crippen molar-refractivity contribution in [3.05, 3.63) is 58.6 Å². The normalized spacial score (nSPS) is 18.1. The summed E-state index contributed by atoms with van der Waals surface area (Å²) < 4.78 is 5.47. The maximum absolute atomic E-state index is 12.7. The number of aliphatic hydroxyl groups is 1. The van der Waals surface area contributed by atoms with Crippen LogP contribution in [0.3, 0.4) is 0 Å². The summed E-state index contributed by atoms with van der Waals surface area (Å²) in [7, 11) is 0. The molecule has 2 aromatic carbocycles. The van der Waals surface area contributed by atoms with Gasteiger partial charge in [0.2, 0.25) is 0 Å². The van der Waals surface area contributed by atoms with Gasteiger partial charge in [0.25, 0.3) is 5.91 Å². The van der Waals surface area contributed by atoms with Crippen LogP contribution < -0.4 is 9.64 Å². The monoisotopic (exact) mass is 408 g/mol. The van der Waals surface area contributed by atoms with Gasteiger partial charge in [0.15, 0.2) is 0 Å². The molecule has 1 heterocycles. The largest absolute Gasteiger partial charge is 0.489 e. The highest BCUT2D eigenvalue weighted by Crippen LogP contribution is 2.28. The molecule has 6 nitrogen and oxygen atoms in total. The van der Waals surface area contributed by atoms with Gasteiger partial charge in [-0.1, -0.05) is 41.4 Å². The third-order valence-electron chi connectivity index (χ3n) is 4.20. The number of halogens is 2. The molecule has 1 saturated heterocycles. The van der Waals surface area contributed by atoms with Crippen LogP contribution in [0.15, 0.2) is 48.5 Å². The lowest BCUT2D eigenvalue weighted by Gasteiger charge is -2.20. The molecule has 1 fully saturated rings. The SMILES string of the molecule is C[C@H]1C(=O)N(C[C@H](O)COc2cc(Cl)ccc2Cl)C(=O)N1c1ccccc1. The van der Waals surface area contributed by atoms with E-state index in [2.05, 4.69) is 0 Å². The van der Waals surface area contributed by atoms with Gasteiger partial charge in [-0.3, -0.25) is 14.6 Å². The lowest BCUT2D eigenvalue weighted by Crippen LogP contribution is -2.40. The Morgan fingerprint density at radius 3 is 2.56 bits per heavy atom. The molecule has 8 heteroatoms. The minimum atomic E-state index is -1.07. The molecule has 0 saturated carbocycles. The maximum atomic E-state index is 12.7. The van der Waals surface area contributed by atoms with E-state index in [1.807, 2.05) is 6.07 Å². The Morgan fingerprint density at radius 1 is 1.15 bits per heavy atom. The molecule has 0 aliphatic carbocycles. The molecule has 27 heavy (non-hydrogen) atoms. The van der Waals surface area contributed by atoms with Crippen LogP contribution in [0.2, 0.25) is 10.0 Å². The van der Waals surface area contributed by atoms with Crippen molar-refractivity contribution in [2.45, 2.75) is 19.1 Å². The summed E-state index contributed by atoms with van der Waals surface area (Å²) in [6.07, 6.45) is -1.07. The van der Waals surface area contributed by atoms with Crippen LogP contribution in [0, 0.1) is 0 Å². The van der Waals surface area contributed by atoms with Gasteiger partial charge in [0, 0.05) is 16.8 Å². The number of urea groups is 1. The number of anilines is 1. The van der Waals surface area contributed by atoms with E-state index in [1.165, 1.54) is 11.0 Å². The number of hydrogen-bond acceptors (Lipinski definition) is 4. The minimum absolute atomic E-state index is 0.142. The molecule has 1 N–H and O–H groups in total. The summed E-state index contributed by atoms with van der Waals surface area (Å²) in [5.41, 5.74) is 0.627. The Morgan fingerprint density at radius 2 is 1.85 bits per heavy atom. The zero-order chi connectivity index (χ0) is 19.6. The lowest BCUT2D eigenvalue weighted by molar-refractivity contribution is -0.128. The number of para-hydroxylation sites is 1. The number of aliphatic hydroxyl groups excluding tert-OH is 1. The number of nitrogens with zero attached hydrogens (tertiary/aromatic N) is 2. The second kappa shape index (κ2) is 8.17. The number of rotatable bonds is 6. The van der Waals surface area contributed by atoms with Crippen molar-refractivity contribution >= 4 is 40.8 Å². The topological polar surface area (TPSA) is 70.1 Å². The van der Waals surface area contributed by atoms with Gasteiger partial charge in [-0.25, -0.2) is 4.79 Å². The molecule has 2 atom stereocenters. The van der Waals surface area contributed by atoms with E-state index in [0.29, 0.717) is 21.5 Å². The Hall–Kier alpha value is -2.28. The van der Waals surface area contributed by atoms with Crippen LogP contribution in [0.5, 0.6) is 5.75 Å². The van der Waals surface area contributed by atoms with Gasteiger partial charge in [-0.15, -0.1) is 0 Å². The first-order valence-electron chi connectivity index (χ1n) is 8.34. The standard InChI is InChI=1S/C19H18Cl2N2O4/c1-12-18(25)22(19(26)23(12)14-5-3-2-4-6-14)10-15(24)11-27-17-9-13(20)7-8-16(17)21/h2-9,12,15,24H,10-11H2,1H3/t12-,15-/m0/s1. The van der Waals surface area contributed by atoms with Crippen LogP contribution in [-0.4, -0.2) is 47.2 Å². The third-order valence-corrected chi connectivity index (χ3v) is 4.75. The molecule has 3 amide bonds.